The van der Waals surface area contributed by atoms with Crippen LogP contribution >= 0.6 is 15.9 Å². The van der Waals surface area contributed by atoms with E-state index in [1.807, 2.05) is 45.9 Å². The number of rotatable bonds is 5. The maximum absolute atomic E-state index is 12.1. The number of carbonyl (C=O) groups excluding carboxylic acids is 1. The SMILES string of the molecule is CCC(C)(C)NC(=O)C(C)Nc1ccc(Br)c(C)c1. The van der Waals surface area contributed by atoms with Gasteiger partial charge in [0.15, 0.2) is 0 Å². The Balaban J connectivity index is 2.66. The van der Waals surface area contributed by atoms with E-state index in [2.05, 4.69) is 33.5 Å². The van der Waals surface area contributed by atoms with Crippen LogP contribution in [0.15, 0.2) is 22.7 Å². The van der Waals surface area contributed by atoms with E-state index in [1.165, 1.54) is 0 Å². The molecule has 1 aromatic rings. The number of hydrogen-bond acceptors (Lipinski definition) is 2. The summed E-state index contributed by atoms with van der Waals surface area (Å²) in [6, 6.07) is 5.72. The fourth-order valence-electron chi connectivity index (χ4n) is 1.58. The lowest BCUT2D eigenvalue weighted by molar-refractivity contribution is -0.123. The summed E-state index contributed by atoms with van der Waals surface area (Å²) in [6.45, 7) is 10.0. The van der Waals surface area contributed by atoms with Crippen molar-refractivity contribution in [2.75, 3.05) is 5.32 Å². The van der Waals surface area contributed by atoms with Gasteiger partial charge in [-0.15, -0.1) is 0 Å². The highest BCUT2D eigenvalue weighted by atomic mass is 79.9. The topological polar surface area (TPSA) is 41.1 Å². The third-order valence-electron chi connectivity index (χ3n) is 3.28. The lowest BCUT2D eigenvalue weighted by Gasteiger charge is -2.27. The van der Waals surface area contributed by atoms with Crippen molar-refractivity contribution in [2.24, 2.45) is 0 Å². The van der Waals surface area contributed by atoms with Crippen LogP contribution in [0.5, 0.6) is 0 Å². The number of aryl methyl sites for hydroxylation is 1. The molecule has 0 heterocycles. The highest BCUT2D eigenvalue weighted by Gasteiger charge is 2.21. The van der Waals surface area contributed by atoms with Crippen LogP contribution in [-0.4, -0.2) is 17.5 Å². The Morgan fingerprint density at radius 1 is 1.42 bits per heavy atom. The molecule has 0 aliphatic heterocycles. The zero-order chi connectivity index (χ0) is 14.6. The summed E-state index contributed by atoms with van der Waals surface area (Å²) in [7, 11) is 0. The van der Waals surface area contributed by atoms with Gasteiger partial charge in [0.2, 0.25) is 5.91 Å². The van der Waals surface area contributed by atoms with Crippen molar-refractivity contribution in [3.05, 3.63) is 28.2 Å². The van der Waals surface area contributed by atoms with E-state index < -0.39 is 0 Å². The van der Waals surface area contributed by atoms with Gasteiger partial charge in [-0.3, -0.25) is 4.79 Å². The molecule has 1 atom stereocenters. The molecule has 0 fully saturated rings. The van der Waals surface area contributed by atoms with Gasteiger partial charge in [0.25, 0.3) is 0 Å². The molecule has 0 radical (unpaired) electrons. The molecule has 1 rings (SSSR count). The molecule has 4 heteroatoms. The fourth-order valence-corrected chi connectivity index (χ4v) is 1.83. The van der Waals surface area contributed by atoms with Crippen LogP contribution in [0.2, 0.25) is 0 Å². The molecular weight excluding hydrogens is 304 g/mol. The molecule has 0 saturated carbocycles. The number of carbonyl (C=O) groups is 1. The van der Waals surface area contributed by atoms with Crippen LogP contribution in [0.4, 0.5) is 5.69 Å². The largest absolute Gasteiger partial charge is 0.374 e. The van der Waals surface area contributed by atoms with E-state index in [-0.39, 0.29) is 17.5 Å². The summed E-state index contributed by atoms with van der Waals surface area (Å²) < 4.78 is 1.07. The maximum atomic E-state index is 12.1. The van der Waals surface area contributed by atoms with Crippen molar-refractivity contribution in [2.45, 2.75) is 52.6 Å². The van der Waals surface area contributed by atoms with Gasteiger partial charge in [-0.1, -0.05) is 22.9 Å². The molecule has 1 unspecified atom stereocenters. The van der Waals surface area contributed by atoms with Crippen LogP contribution < -0.4 is 10.6 Å². The van der Waals surface area contributed by atoms with E-state index in [4.69, 9.17) is 0 Å². The zero-order valence-corrected chi connectivity index (χ0v) is 13.9. The standard InChI is InChI=1S/C15H23BrN2O/c1-6-15(4,5)18-14(19)11(3)17-12-7-8-13(16)10(2)9-12/h7-9,11,17H,6H2,1-5H3,(H,18,19). The minimum absolute atomic E-state index is 0.0208. The van der Waals surface area contributed by atoms with Crippen LogP contribution in [0.25, 0.3) is 0 Å². The van der Waals surface area contributed by atoms with Gasteiger partial charge in [-0.2, -0.15) is 0 Å². The van der Waals surface area contributed by atoms with Crippen LogP contribution in [0, 0.1) is 6.92 Å². The molecule has 19 heavy (non-hydrogen) atoms. The summed E-state index contributed by atoms with van der Waals surface area (Å²) in [5, 5.41) is 6.26. The normalized spacial score (nSPS) is 12.9. The third-order valence-corrected chi connectivity index (χ3v) is 4.17. The van der Waals surface area contributed by atoms with E-state index in [0.717, 1.165) is 22.1 Å². The summed E-state index contributed by atoms with van der Waals surface area (Å²) >= 11 is 3.47. The van der Waals surface area contributed by atoms with Crippen LogP contribution in [0.3, 0.4) is 0 Å². The minimum atomic E-state index is -0.258. The Kier molecular flexibility index (Phi) is 5.41. The third kappa shape index (κ3) is 4.86. The van der Waals surface area contributed by atoms with Gasteiger partial charge in [0, 0.05) is 15.7 Å². The van der Waals surface area contributed by atoms with Crippen LogP contribution in [-0.2, 0) is 4.79 Å². The van der Waals surface area contributed by atoms with Gasteiger partial charge in [0.1, 0.15) is 6.04 Å². The molecular formula is C15H23BrN2O. The Bertz CT molecular complexity index is 457. The smallest absolute Gasteiger partial charge is 0.242 e. The number of amides is 1. The Morgan fingerprint density at radius 2 is 2.05 bits per heavy atom. The first-order valence-electron chi connectivity index (χ1n) is 6.60. The predicted octanol–water partition coefficient (Wildman–Crippen LogP) is 3.86. The first-order valence-corrected chi connectivity index (χ1v) is 7.39. The molecule has 3 nitrogen and oxygen atoms in total. The number of anilines is 1. The van der Waals surface area contributed by atoms with Crippen molar-refractivity contribution in [1.29, 1.82) is 0 Å². The molecule has 0 spiro atoms. The zero-order valence-electron chi connectivity index (χ0n) is 12.3. The molecule has 1 aromatic carbocycles. The first-order chi connectivity index (χ1) is 8.75. The van der Waals surface area contributed by atoms with E-state index in [1.54, 1.807) is 0 Å². The van der Waals surface area contributed by atoms with Gasteiger partial charge in [-0.05, 0) is 57.9 Å². The lowest BCUT2D eigenvalue weighted by atomic mass is 10.0. The predicted molar refractivity (Wildman–Crippen MR) is 84.5 cm³/mol. The van der Waals surface area contributed by atoms with Crippen molar-refractivity contribution in [3.63, 3.8) is 0 Å². The maximum Gasteiger partial charge on any atom is 0.242 e. The summed E-state index contributed by atoms with van der Waals surface area (Å²) in [5.74, 6) is 0.0208. The highest BCUT2D eigenvalue weighted by molar-refractivity contribution is 9.10. The average molecular weight is 327 g/mol. The molecule has 1 amide bonds. The van der Waals surface area contributed by atoms with E-state index >= 15 is 0 Å². The second-order valence-electron chi connectivity index (χ2n) is 5.56. The highest BCUT2D eigenvalue weighted by Crippen LogP contribution is 2.20. The second kappa shape index (κ2) is 6.42. The average Bonchev–Trinajstić information content (AvgIpc) is 2.33. The van der Waals surface area contributed by atoms with E-state index in [9.17, 15) is 4.79 Å². The van der Waals surface area contributed by atoms with Crippen molar-refractivity contribution in [1.82, 2.24) is 5.32 Å². The number of benzene rings is 1. The quantitative estimate of drug-likeness (QED) is 0.862. The molecule has 0 aliphatic rings. The lowest BCUT2D eigenvalue weighted by Crippen LogP contribution is -2.48. The van der Waals surface area contributed by atoms with Crippen LogP contribution in [0.1, 0.15) is 39.7 Å². The molecule has 106 valence electrons. The first kappa shape index (κ1) is 16.0. The Morgan fingerprint density at radius 3 is 2.58 bits per heavy atom. The van der Waals surface area contributed by atoms with Crippen molar-refractivity contribution in [3.8, 4) is 0 Å². The molecule has 0 saturated heterocycles. The Labute approximate surface area is 124 Å². The monoisotopic (exact) mass is 326 g/mol. The Hall–Kier alpha value is -1.03. The second-order valence-corrected chi connectivity index (χ2v) is 6.41. The molecule has 2 N–H and O–H groups in total. The fraction of sp³-hybridized carbons (Fsp3) is 0.533. The summed E-state index contributed by atoms with van der Waals surface area (Å²) in [5.41, 5.74) is 1.94. The molecule has 0 aromatic heterocycles. The van der Waals surface area contributed by atoms with Gasteiger partial charge in [-0.25, -0.2) is 0 Å². The molecule has 0 bridgehead atoms. The summed E-state index contributed by atoms with van der Waals surface area (Å²) in [4.78, 5) is 12.1. The number of hydrogen-bond donors (Lipinski definition) is 2. The van der Waals surface area contributed by atoms with Gasteiger partial charge < -0.3 is 10.6 Å². The minimum Gasteiger partial charge on any atom is -0.374 e. The van der Waals surface area contributed by atoms with Gasteiger partial charge >= 0.3 is 0 Å². The van der Waals surface area contributed by atoms with Gasteiger partial charge in [0.05, 0.1) is 0 Å². The van der Waals surface area contributed by atoms with Crippen molar-refractivity contribution >= 4 is 27.5 Å². The number of halogens is 1. The molecule has 0 aliphatic carbocycles. The van der Waals surface area contributed by atoms with E-state index in [0.29, 0.717) is 0 Å². The summed E-state index contributed by atoms with van der Waals surface area (Å²) in [6.07, 6.45) is 0.906. The van der Waals surface area contributed by atoms with Crippen molar-refractivity contribution < 1.29 is 4.79 Å². The number of nitrogens with one attached hydrogen (secondary N) is 2.